The molecule has 0 radical (unpaired) electrons. The molecule has 10 nitrogen and oxygen atoms in total. The lowest BCUT2D eigenvalue weighted by Crippen LogP contribution is -2.55. The number of benzene rings is 1. The number of anilines is 4. The molecule has 2 aliphatic heterocycles. The molecule has 1 unspecified atom stereocenters. The third kappa shape index (κ3) is 6.42. The van der Waals surface area contributed by atoms with Gasteiger partial charge >= 0.3 is 12.2 Å². The second-order valence-electron chi connectivity index (χ2n) is 10.6. The van der Waals surface area contributed by atoms with Gasteiger partial charge in [0.25, 0.3) is 11.9 Å². The molecule has 1 aromatic carbocycles. The third-order valence-corrected chi connectivity index (χ3v) is 7.35. The maximum Gasteiger partial charge on any atom is 0.437 e. The fourth-order valence-corrected chi connectivity index (χ4v) is 5.21. The SMILES string of the molecule is CC1CCCN(c2nc(C(F)(F)F)c(C(=O)Nc3ccc(N4CCN(C(=O)Nc5ccccc5F)C[C@@H]4C)nc3)o2)C1. The summed E-state index contributed by atoms with van der Waals surface area (Å²) in [5.41, 5.74) is -1.09. The number of carbonyl (C=O) groups excluding carboxylic acids is 2. The minimum atomic E-state index is -4.87. The summed E-state index contributed by atoms with van der Waals surface area (Å²) in [5.74, 6) is -1.68. The number of piperidine rings is 1. The summed E-state index contributed by atoms with van der Waals surface area (Å²) in [6.07, 6.45) is -1.78. The van der Waals surface area contributed by atoms with Gasteiger partial charge < -0.3 is 29.8 Å². The van der Waals surface area contributed by atoms with Crippen molar-refractivity contribution in [2.45, 2.75) is 38.9 Å². The predicted octanol–water partition coefficient (Wildman–Crippen LogP) is 5.46. The van der Waals surface area contributed by atoms with Crippen LogP contribution in [0.2, 0.25) is 0 Å². The van der Waals surface area contributed by atoms with Gasteiger partial charge in [0.1, 0.15) is 11.6 Å². The Morgan fingerprint density at radius 3 is 2.48 bits per heavy atom. The fraction of sp³-hybridized carbons (Fsp3) is 0.429. The van der Waals surface area contributed by atoms with Crippen LogP contribution in [-0.4, -0.2) is 65.6 Å². The number of oxazole rings is 1. The Labute approximate surface area is 239 Å². The van der Waals surface area contributed by atoms with E-state index in [1.165, 1.54) is 30.5 Å². The molecule has 2 fully saturated rings. The molecule has 0 bridgehead atoms. The van der Waals surface area contributed by atoms with Crippen LogP contribution >= 0.6 is 0 Å². The number of nitrogens with zero attached hydrogens (tertiary/aromatic N) is 5. The number of pyridine rings is 1. The van der Waals surface area contributed by atoms with E-state index < -0.39 is 35.4 Å². The van der Waals surface area contributed by atoms with Crippen molar-refractivity contribution in [2.75, 3.05) is 53.2 Å². The molecule has 2 aromatic heterocycles. The topological polar surface area (TPSA) is 107 Å². The van der Waals surface area contributed by atoms with E-state index >= 15 is 0 Å². The van der Waals surface area contributed by atoms with E-state index in [0.29, 0.717) is 38.5 Å². The minimum Gasteiger partial charge on any atom is -0.417 e. The summed E-state index contributed by atoms with van der Waals surface area (Å²) >= 11 is 0. The van der Waals surface area contributed by atoms with E-state index in [2.05, 4.69) is 20.6 Å². The van der Waals surface area contributed by atoms with Gasteiger partial charge in [0.05, 0.1) is 17.6 Å². The number of nitrogens with one attached hydrogen (secondary N) is 2. The first kappa shape index (κ1) is 29.1. The van der Waals surface area contributed by atoms with E-state index in [9.17, 15) is 27.2 Å². The van der Waals surface area contributed by atoms with Gasteiger partial charge in [-0.1, -0.05) is 19.1 Å². The van der Waals surface area contributed by atoms with Crippen molar-refractivity contribution in [3.05, 3.63) is 59.9 Å². The molecule has 0 saturated carbocycles. The average molecular weight is 590 g/mol. The molecule has 2 saturated heterocycles. The number of hydrogen-bond acceptors (Lipinski definition) is 7. The molecule has 2 atom stereocenters. The number of amides is 3. The van der Waals surface area contributed by atoms with Gasteiger partial charge in [-0.15, -0.1) is 0 Å². The smallest absolute Gasteiger partial charge is 0.417 e. The van der Waals surface area contributed by atoms with Crippen LogP contribution in [0.4, 0.5) is 45.6 Å². The molecule has 224 valence electrons. The van der Waals surface area contributed by atoms with Gasteiger partial charge in [0.15, 0.2) is 5.69 Å². The molecule has 2 N–H and O–H groups in total. The lowest BCUT2D eigenvalue weighted by atomic mass is 10.0. The molecular weight excluding hydrogens is 558 g/mol. The number of alkyl halides is 3. The number of rotatable bonds is 5. The predicted molar refractivity (Wildman–Crippen MR) is 148 cm³/mol. The molecule has 0 spiro atoms. The van der Waals surface area contributed by atoms with Gasteiger partial charge in [-0.2, -0.15) is 18.2 Å². The number of aromatic nitrogens is 2. The van der Waals surface area contributed by atoms with Gasteiger partial charge in [-0.3, -0.25) is 4.79 Å². The number of urea groups is 1. The quantitative estimate of drug-likeness (QED) is 0.381. The van der Waals surface area contributed by atoms with Crippen LogP contribution in [0.3, 0.4) is 0 Å². The van der Waals surface area contributed by atoms with Crippen molar-refractivity contribution in [1.82, 2.24) is 14.9 Å². The summed E-state index contributed by atoms with van der Waals surface area (Å²) in [6.45, 7) is 6.04. The summed E-state index contributed by atoms with van der Waals surface area (Å²) in [5, 5.41) is 5.00. The minimum absolute atomic E-state index is 0.0990. The second kappa shape index (κ2) is 11.9. The molecule has 3 amide bonds. The maximum absolute atomic E-state index is 13.9. The Morgan fingerprint density at radius 1 is 1.02 bits per heavy atom. The molecule has 2 aliphatic rings. The van der Waals surface area contributed by atoms with E-state index in [0.717, 1.165) is 12.8 Å². The highest BCUT2D eigenvalue weighted by atomic mass is 19.4. The molecule has 3 aromatic rings. The zero-order valence-electron chi connectivity index (χ0n) is 23.1. The van der Waals surface area contributed by atoms with Crippen molar-refractivity contribution in [3.8, 4) is 0 Å². The first-order valence-electron chi connectivity index (χ1n) is 13.7. The molecule has 14 heteroatoms. The van der Waals surface area contributed by atoms with E-state index in [1.54, 1.807) is 21.9 Å². The number of halogens is 4. The average Bonchev–Trinajstić information content (AvgIpc) is 3.42. The molecule has 0 aliphatic carbocycles. The van der Waals surface area contributed by atoms with E-state index in [-0.39, 0.29) is 29.3 Å². The van der Waals surface area contributed by atoms with Gasteiger partial charge in [-0.25, -0.2) is 14.2 Å². The van der Waals surface area contributed by atoms with Crippen LogP contribution in [0.15, 0.2) is 47.0 Å². The Balaban J connectivity index is 1.22. The summed E-state index contributed by atoms with van der Waals surface area (Å²) in [4.78, 5) is 38.7. The summed E-state index contributed by atoms with van der Waals surface area (Å²) in [7, 11) is 0. The molecule has 42 heavy (non-hydrogen) atoms. The highest BCUT2D eigenvalue weighted by molar-refractivity contribution is 6.03. The second-order valence-corrected chi connectivity index (χ2v) is 10.6. The Kier molecular flexibility index (Phi) is 8.23. The van der Waals surface area contributed by atoms with Crippen LogP contribution in [0, 0.1) is 11.7 Å². The number of piperazine rings is 1. The first-order valence-corrected chi connectivity index (χ1v) is 13.7. The van der Waals surface area contributed by atoms with Crippen LogP contribution < -0.4 is 20.4 Å². The van der Waals surface area contributed by atoms with Gasteiger partial charge in [-0.05, 0) is 49.9 Å². The first-order chi connectivity index (χ1) is 20.0. The van der Waals surface area contributed by atoms with Crippen LogP contribution in [0.25, 0.3) is 0 Å². The summed E-state index contributed by atoms with van der Waals surface area (Å²) in [6, 6.07) is 8.30. The van der Waals surface area contributed by atoms with Crippen LogP contribution in [-0.2, 0) is 6.18 Å². The largest absolute Gasteiger partial charge is 0.437 e. The van der Waals surface area contributed by atoms with Crippen molar-refractivity contribution in [3.63, 3.8) is 0 Å². The Bertz CT molecular complexity index is 1430. The highest BCUT2D eigenvalue weighted by Crippen LogP contribution is 2.35. The molecule has 5 rings (SSSR count). The normalized spacial score (nSPS) is 19.5. The molecule has 4 heterocycles. The Hall–Kier alpha value is -4.36. The number of carbonyl (C=O) groups is 2. The Morgan fingerprint density at radius 2 is 1.81 bits per heavy atom. The van der Waals surface area contributed by atoms with Crippen LogP contribution in [0.1, 0.15) is 42.9 Å². The van der Waals surface area contributed by atoms with Crippen molar-refractivity contribution < 1.29 is 31.6 Å². The van der Waals surface area contributed by atoms with E-state index in [1.807, 2.05) is 18.7 Å². The zero-order valence-corrected chi connectivity index (χ0v) is 23.1. The van der Waals surface area contributed by atoms with Crippen molar-refractivity contribution >= 4 is 35.1 Å². The number of hydrogen-bond donors (Lipinski definition) is 2. The van der Waals surface area contributed by atoms with Crippen molar-refractivity contribution in [1.29, 1.82) is 0 Å². The van der Waals surface area contributed by atoms with Gasteiger partial charge in [0, 0.05) is 38.8 Å². The maximum atomic E-state index is 13.9. The third-order valence-electron chi connectivity index (χ3n) is 7.35. The zero-order chi connectivity index (χ0) is 30.0. The summed E-state index contributed by atoms with van der Waals surface area (Å²) < 4.78 is 60.4. The lowest BCUT2D eigenvalue weighted by Gasteiger charge is -2.40. The van der Waals surface area contributed by atoms with Gasteiger partial charge in [0.2, 0.25) is 5.76 Å². The lowest BCUT2D eigenvalue weighted by molar-refractivity contribution is -0.141. The standard InChI is InChI=1S/C28H31F4N7O3/c1-17-6-5-11-38(15-17)27-36-24(28(30,31)32)23(42-27)25(40)34-19-9-10-22(33-14-19)39-13-12-37(16-18(39)2)26(41)35-21-8-4-3-7-20(21)29/h3-4,7-10,14,17-18H,5-6,11-13,15-16H2,1-2H3,(H,34,40)(H,35,41)/t17?,18-/m0/s1. The number of para-hydroxylation sites is 1. The van der Waals surface area contributed by atoms with E-state index in [4.69, 9.17) is 4.42 Å². The fourth-order valence-electron chi connectivity index (χ4n) is 5.21. The monoisotopic (exact) mass is 589 g/mol. The molecular formula is C28H31F4N7O3. The van der Waals surface area contributed by atoms with Crippen molar-refractivity contribution in [2.24, 2.45) is 5.92 Å². The van der Waals surface area contributed by atoms with Crippen LogP contribution in [0.5, 0.6) is 0 Å². The highest BCUT2D eigenvalue weighted by Gasteiger charge is 2.42.